The maximum Gasteiger partial charge on any atom is 0.381 e. The molecule has 3 aromatic rings. The molecule has 1 aromatic carbocycles. The first-order valence-corrected chi connectivity index (χ1v) is 4.88. The number of tetrazole rings is 1. The van der Waals surface area contributed by atoms with E-state index in [0.717, 1.165) is 5.39 Å². The second-order valence-corrected chi connectivity index (χ2v) is 3.48. The van der Waals surface area contributed by atoms with Gasteiger partial charge in [0.2, 0.25) is 5.56 Å². The molecule has 0 saturated carbocycles. The lowest BCUT2D eigenvalue weighted by Crippen LogP contribution is -2.09. The van der Waals surface area contributed by atoms with E-state index in [-0.39, 0.29) is 5.56 Å². The van der Waals surface area contributed by atoms with Crippen LogP contribution >= 0.6 is 0 Å². The summed E-state index contributed by atoms with van der Waals surface area (Å²) < 4.78 is 0. The van der Waals surface area contributed by atoms with Crippen molar-refractivity contribution in [3.8, 4) is 5.69 Å². The fourth-order valence-corrected chi connectivity index (χ4v) is 1.67. The highest BCUT2D eigenvalue weighted by Crippen LogP contribution is 2.16. The van der Waals surface area contributed by atoms with E-state index in [9.17, 15) is 9.59 Å². The SMILES string of the molecule is O=c1ccc2cccc(-n3nnc(=O)[nH]3)c2[nH]1. The quantitative estimate of drug-likeness (QED) is 0.603. The number of pyridine rings is 1. The van der Waals surface area contributed by atoms with Crippen molar-refractivity contribution in [3.05, 3.63) is 51.2 Å². The smallest absolute Gasteiger partial charge is 0.320 e. The van der Waals surface area contributed by atoms with E-state index >= 15 is 0 Å². The predicted molar refractivity (Wildman–Crippen MR) is 60.1 cm³/mol. The fourth-order valence-electron chi connectivity index (χ4n) is 1.67. The highest BCUT2D eigenvalue weighted by atomic mass is 16.2. The summed E-state index contributed by atoms with van der Waals surface area (Å²) in [5, 5.41) is 10.2. The molecule has 0 bridgehead atoms. The number of aromatic amines is 2. The van der Waals surface area contributed by atoms with E-state index in [4.69, 9.17) is 0 Å². The maximum absolute atomic E-state index is 11.3. The van der Waals surface area contributed by atoms with Gasteiger partial charge < -0.3 is 4.98 Å². The average molecular weight is 229 g/mol. The number of aromatic nitrogens is 5. The van der Waals surface area contributed by atoms with E-state index in [2.05, 4.69) is 20.4 Å². The summed E-state index contributed by atoms with van der Waals surface area (Å²) in [5.74, 6) is 0. The summed E-state index contributed by atoms with van der Waals surface area (Å²) in [6.07, 6.45) is 0. The van der Waals surface area contributed by atoms with Gasteiger partial charge in [0.25, 0.3) is 0 Å². The van der Waals surface area contributed by atoms with Crippen LogP contribution in [-0.4, -0.2) is 25.2 Å². The third-order valence-corrected chi connectivity index (χ3v) is 2.39. The molecule has 84 valence electrons. The van der Waals surface area contributed by atoms with Crippen molar-refractivity contribution >= 4 is 10.9 Å². The largest absolute Gasteiger partial charge is 0.381 e. The highest BCUT2D eigenvalue weighted by Gasteiger charge is 2.05. The van der Waals surface area contributed by atoms with Crippen molar-refractivity contribution in [1.82, 2.24) is 25.2 Å². The van der Waals surface area contributed by atoms with Crippen LogP contribution in [0.3, 0.4) is 0 Å². The van der Waals surface area contributed by atoms with Gasteiger partial charge >= 0.3 is 5.69 Å². The molecule has 0 radical (unpaired) electrons. The minimum absolute atomic E-state index is 0.215. The van der Waals surface area contributed by atoms with E-state index in [1.54, 1.807) is 18.2 Å². The number of hydrogen-bond donors (Lipinski definition) is 2. The summed E-state index contributed by atoms with van der Waals surface area (Å²) in [6.45, 7) is 0. The Hall–Kier alpha value is -2.70. The zero-order valence-electron chi connectivity index (χ0n) is 8.54. The number of fused-ring (bicyclic) bond motifs is 1. The van der Waals surface area contributed by atoms with Gasteiger partial charge in [-0.2, -0.15) is 0 Å². The summed E-state index contributed by atoms with van der Waals surface area (Å²) in [4.78, 5) is 26.2. The number of H-pyrrole nitrogens is 2. The first-order chi connectivity index (χ1) is 8.24. The Kier molecular flexibility index (Phi) is 1.91. The Morgan fingerprint density at radius 2 is 2.00 bits per heavy atom. The Balaban J connectivity index is 2.40. The molecule has 7 nitrogen and oxygen atoms in total. The normalized spacial score (nSPS) is 10.8. The van der Waals surface area contributed by atoms with Gasteiger partial charge in [-0.1, -0.05) is 17.2 Å². The van der Waals surface area contributed by atoms with Crippen LogP contribution in [0.15, 0.2) is 39.9 Å². The minimum Gasteiger partial charge on any atom is -0.320 e. The fraction of sp³-hybridized carbons (Fsp3) is 0. The van der Waals surface area contributed by atoms with Gasteiger partial charge in [-0.15, -0.1) is 4.80 Å². The van der Waals surface area contributed by atoms with Gasteiger partial charge in [0.1, 0.15) is 5.69 Å². The van der Waals surface area contributed by atoms with Crippen LogP contribution in [0.2, 0.25) is 0 Å². The molecule has 2 heterocycles. The Bertz CT molecular complexity index is 798. The van der Waals surface area contributed by atoms with Crippen LogP contribution < -0.4 is 11.2 Å². The molecular formula is C10H7N5O2. The molecule has 0 amide bonds. The van der Waals surface area contributed by atoms with Crippen molar-refractivity contribution in [2.45, 2.75) is 0 Å². The Morgan fingerprint density at radius 3 is 2.76 bits per heavy atom. The zero-order valence-corrected chi connectivity index (χ0v) is 8.54. The van der Waals surface area contributed by atoms with Crippen molar-refractivity contribution in [2.24, 2.45) is 0 Å². The van der Waals surface area contributed by atoms with Gasteiger partial charge in [-0.25, -0.2) is 9.89 Å². The number of nitrogens with one attached hydrogen (secondary N) is 2. The van der Waals surface area contributed by atoms with Gasteiger partial charge in [-0.3, -0.25) is 4.79 Å². The third kappa shape index (κ3) is 1.53. The minimum atomic E-state index is -0.541. The van der Waals surface area contributed by atoms with Crippen molar-refractivity contribution < 1.29 is 0 Å². The molecular weight excluding hydrogens is 222 g/mol. The van der Waals surface area contributed by atoms with E-state index in [1.165, 1.54) is 10.9 Å². The van der Waals surface area contributed by atoms with Crippen molar-refractivity contribution in [3.63, 3.8) is 0 Å². The molecule has 0 spiro atoms. The van der Waals surface area contributed by atoms with E-state index < -0.39 is 5.69 Å². The molecule has 0 unspecified atom stereocenters. The number of rotatable bonds is 1. The molecule has 0 fully saturated rings. The second kappa shape index (κ2) is 3.41. The topological polar surface area (TPSA) is 96.4 Å². The number of para-hydroxylation sites is 1. The summed E-state index contributed by atoms with van der Waals surface area (Å²) in [7, 11) is 0. The first kappa shape index (κ1) is 9.52. The molecule has 2 N–H and O–H groups in total. The van der Waals surface area contributed by atoms with E-state index in [0.29, 0.717) is 11.2 Å². The third-order valence-electron chi connectivity index (χ3n) is 2.39. The van der Waals surface area contributed by atoms with Gasteiger partial charge in [-0.05, 0) is 17.3 Å². The summed E-state index contributed by atoms with van der Waals surface area (Å²) in [5.41, 5.74) is 0.406. The van der Waals surface area contributed by atoms with E-state index in [1.807, 2.05) is 6.07 Å². The lowest BCUT2D eigenvalue weighted by atomic mass is 10.2. The standard InChI is InChI=1S/C10H7N5O2/c16-8-5-4-6-2-1-3-7(9(6)11-8)15-13-10(17)12-14-15/h1-5H,(H,11,16)(H,13,17). The summed E-state index contributed by atoms with van der Waals surface area (Å²) in [6, 6.07) is 8.52. The first-order valence-electron chi connectivity index (χ1n) is 4.88. The molecule has 17 heavy (non-hydrogen) atoms. The number of nitrogens with zero attached hydrogens (tertiary/aromatic N) is 3. The van der Waals surface area contributed by atoms with Gasteiger partial charge in [0.05, 0.1) is 5.52 Å². The van der Waals surface area contributed by atoms with Gasteiger partial charge in [0.15, 0.2) is 0 Å². The molecule has 0 atom stereocenters. The van der Waals surface area contributed by atoms with Crippen molar-refractivity contribution in [2.75, 3.05) is 0 Å². The van der Waals surface area contributed by atoms with Crippen LogP contribution in [0.5, 0.6) is 0 Å². The Morgan fingerprint density at radius 1 is 1.12 bits per heavy atom. The molecule has 0 aliphatic rings. The zero-order chi connectivity index (χ0) is 11.8. The highest BCUT2D eigenvalue weighted by molar-refractivity contribution is 5.85. The predicted octanol–water partition coefficient (Wildman–Crippen LogP) is -0.203. The monoisotopic (exact) mass is 229 g/mol. The van der Waals surface area contributed by atoms with Crippen LogP contribution in [0, 0.1) is 0 Å². The molecule has 0 aliphatic carbocycles. The molecule has 3 rings (SSSR count). The van der Waals surface area contributed by atoms with Crippen molar-refractivity contribution in [1.29, 1.82) is 0 Å². The lowest BCUT2D eigenvalue weighted by Gasteiger charge is -2.03. The average Bonchev–Trinajstić information content (AvgIpc) is 2.75. The maximum atomic E-state index is 11.3. The van der Waals surface area contributed by atoms with Crippen LogP contribution in [0.4, 0.5) is 0 Å². The molecule has 7 heteroatoms. The molecule has 0 aliphatic heterocycles. The number of benzene rings is 1. The molecule has 2 aromatic heterocycles. The van der Waals surface area contributed by atoms with Gasteiger partial charge in [0, 0.05) is 11.5 Å². The second-order valence-electron chi connectivity index (χ2n) is 3.48. The lowest BCUT2D eigenvalue weighted by molar-refractivity contribution is 0.722. The van der Waals surface area contributed by atoms with Crippen LogP contribution in [0.1, 0.15) is 0 Å². The number of hydrogen-bond acceptors (Lipinski definition) is 4. The van der Waals surface area contributed by atoms with Crippen LogP contribution in [-0.2, 0) is 0 Å². The molecule has 0 saturated heterocycles. The van der Waals surface area contributed by atoms with Crippen LogP contribution in [0.25, 0.3) is 16.6 Å². The summed E-state index contributed by atoms with van der Waals surface area (Å²) >= 11 is 0. The Labute approximate surface area is 93.7 Å².